The average molecular weight is 1140 g/mol. The summed E-state index contributed by atoms with van der Waals surface area (Å²) >= 11 is 6.55. The molecule has 0 aliphatic carbocycles. The van der Waals surface area contributed by atoms with Crippen LogP contribution >= 0.6 is 35.7 Å². The van der Waals surface area contributed by atoms with E-state index in [1.807, 2.05) is 0 Å². The van der Waals surface area contributed by atoms with E-state index in [9.17, 15) is 63.0 Å². The van der Waals surface area contributed by atoms with Gasteiger partial charge in [0.15, 0.2) is 15.6 Å². The number of phenols is 1. The van der Waals surface area contributed by atoms with Crippen molar-refractivity contribution in [3.05, 3.63) is 78.1 Å². The minimum atomic E-state index is -5.25. The van der Waals surface area contributed by atoms with Crippen LogP contribution in [0.25, 0.3) is 21.5 Å². The largest absolute Gasteiger partial charge is 1.00 e. The van der Waals surface area contributed by atoms with Crippen molar-refractivity contribution in [2.24, 2.45) is 10.2 Å². The Balaban J connectivity index is 0.00000476. The molecule has 0 fully saturated rings. The maximum Gasteiger partial charge on any atom is 1.00 e. The first-order chi connectivity index (χ1) is 30.1. The summed E-state index contributed by atoms with van der Waals surface area (Å²) in [5.74, 6) is -2.42. The fourth-order valence-electron chi connectivity index (χ4n) is 5.56. The predicted octanol–water partition coefficient (Wildman–Crippen LogP) is -12.0. The Morgan fingerprint density at radius 2 is 1.32 bits per heavy atom. The van der Waals surface area contributed by atoms with Gasteiger partial charge >= 0.3 is 148 Å². The quantitative estimate of drug-likeness (QED) is 0.0129. The fraction of sp³-hybridized carbons (Fsp3) is 0.0645. The molecule has 0 bridgehead atoms. The van der Waals surface area contributed by atoms with Crippen LogP contribution in [0.5, 0.6) is 5.75 Å². The van der Waals surface area contributed by atoms with Gasteiger partial charge in [-0.2, -0.15) is 23.6 Å². The van der Waals surface area contributed by atoms with Gasteiger partial charge in [0, 0.05) is 21.8 Å². The van der Waals surface area contributed by atoms with E-state index in [-0.39, 0.29) is 231 Å². The van der Waals surface area contributed by atoms with Crippen molar-refractivity contribution >= 4 is 132 Å². The third-order valence-corrected chi connectivity index (χ3v) is 13.5. The molecule has 0 saturated carbocycles. The van der Waals surface area contributed by atoms with Gasteiger partial charge in [-0.05, 0) is 71.6 Å². The van der Waals surface area contributed by atoms with E-state index in [1.54, 1.807) is 0 Å². The number of benzene rings is 5. The number of aromatic nitrogens is 3. The summed E-state index contributed by atoms with van der Waals surface area (Å²) in [7, 11) is -19.5. The zero-order valence-electron chi connectivity index (χ0n) is 35.7. The van der Waals surface area contributed by atoms with Gasteiger partial charge in [0.2, 0.25) is 27.6 Å². The van der Waals surface area contributed by atoms with Gasteiger partial charge in [0.05, 0.1) is 66.6 Å². The maximum absolute atomic E-state index is 12.6. The van der Waals surface area contributed by atoms with Gasteiger partial charge < -0.3 is 39.9 Å². The summed E-state index contributed by atoms with van der Waals surface area (Å²) in [6.07, 6.45) is 0. The first-order valence-corrected chi connectivity index (χ1v) is 24.1. The monoisotopic (exact) mass is 1130 g/mol. The molecule has 0 saturated heterocycles. The molecule has 0 spiro atoms. The summed E-state index contributed by atoms with van der Waals surface area (Å²) in [4.78, 5) is 9.82. The van der Waals surface area contributed by atoms with Crippen molar-refractivity contribution in [2.45, 2.75) is 24.5 Å². The van der Waals surface area contributed by atoms with E-state index in [1.165, 1.54) is 30.3 Å². The Kier molecular flexibility index (Phi) is 28.0. The zero-order chi connectivity index (χ0) is 46.6. The number of hydrogen-bond donors (Lipinski definition) is 3. The molecule has 3 N–H and O–H groups in total. The van der Waals surface area contributed by atoms with Crippen LogP contribution in [0, 0.1) is 0 Å². The van der Waals surface area contributed by atoms with Crippen molar-refractivity contribution in [3.63, 3.8) is 0 Å². The second kappa shape index (κ2) is 28.8. The number of nitrogens with one attached hydrogen (secondary N) is 2. The van der Waals surface area contributed by atoms with Crippen molar-refractivity contribution in [1.82, 2.24) is 15.0 Å². The van der Waals surface area contributed by atoms with Crippen LogP contribution in [-0.2, 0) is 63.4 Å². The maximum atomic E-state index is 12.6. The van der Waals surface area contributed by atoms with Gasteiger partial charge in [0.25, 0.3) is 0 Å². The number of anilines is 4. The molecule has 0 aliphatic heterocycles. The number of azo groups is 1. The number of halogens is 1. The smallest absolute Gasteiger partial charge is 0.744 e. The van der Waals surface area contributed by atoms with Gasteiger partial charge in [-0.25, -0.2) is 33.7 Å². The topological polar surface area (TPSA) is 406 Å². The van der Waals surface area contributed by atoms with E-state index in [4.69, 9.17) is 11.6 Å². The predicted molar refractivity (Wildman–Crippen MR) is 211 cm³/mol. The molecule has 1 aromatic heterocycles. The van der Waals surface area contributed by atoms with Gasteiger partial charge in [-0.15, -0.1) is 10.2 Å². The molecule has 0 unspecified atom stereocenters. The van der Waals surface area contributed by atoms with Crippen molar-refractivity contribution < 1.29 is 234 Å². The number of fused-ring (bicyclic) bond motifs is 2. The molecule has 5 aromatic carbocycles. The Hall–Kier alpha value is 0.0200. The number of aromatic hydroxyl groups is 1. The fourth-order valence-corrected chi connectivity index (χ4v) is 9.48. The number of sulfone groups is 1. The molecule has 6 rings (SSSR count). The molecule has 38 heteroatoms. The van der Waals surface area contributed by atoms with Crippen LogP contribution in [0.15, 0.2) is 108 Å². The van der Waals surface area contributed by atoms with Crippen LogP contribution in [-0.4, -0.2) is 79.7 Å². The first kappa shape index (κ1) is 67.0. The molecular weight excluding hydrogens is 1120 g/mol. The molecule has 0 aliphatic rings. The number of rotatable bonds is 19. The van der Waals surface area contributed by atoms with Crippen molar-refractivity contribution in [1.29, 1.82) is 0 Å². The zero-order valence-corrected chi connectivity index (χ0v) is 51.4. The Morgan fingerprint density at radius 3 is 1.91 bits per heavy atom. The number of nitrogens with zero attached hydrogens (tertiary/aromatic N) is 5. The molecule has 26 nitrogen and oxygen atoms in total. The Morgan fingerprint density at radius 1 is 0.696 bits per heavy atom. The van der Waals surface area contributed by atoms with Gasteiger partial charge in [-0.3, -0.25) is 14.3 Å². The van der Waals surface area contributed by atoms with Crippen molar-refractivity contribution in [3.8, 4) is 5.75 Å². The van der Waals surface area contributed by atoms with Crippen molar-refractivity contribution in [2.75, 3.05) is 23.0 Å². The van der Waals surface area contributed by atoms with Crippen LogP contribution in [0.4, 0.5) is 34.6 Å². The van der Waals surface area contributed by atoms with E-state index < -0.39 is 85.3 Å². The van der Waals surface area contributed by atoms with Crippen LogP contribution < -0.4 is 169 Å². The SMILES string of the molecule is O=S(=O)([O-])OCCS(=O)(=O)c1ccc(Nc2nc(Cl)nc(Nc3cc(S(=O)(=O)[O-])cc4cc(SOO[O-])c(N=Nc5ccc6c(S(=O)(=O)[O-])cccc6c5SOO[O-])c(O)c34)n2)cc1.[Na+].[Na+].[Na+].[Na+].[Na+]. The van der Waals surface area contributed by atoms with Crippen LogP contribution in [0.2, 0.25) is 5.28 Å². The third-order valence-electron chi connectivity index (χ3n) is 8.09. The van der Waals surface area contributed by atoms with E-state index in [0.717, 1.165) is 42.5 Å². The van der Waals surface area contributed by atoms with Gasteiger partial charge in [-0.1, -0.05) is 18.2 Å². The summed E-state index contributed by atoms with van der Waals surface area (Å²) in [5, 5.41) is 52.6. The number of phenolic OH excluding ortho intramolecular Hbond substituents is 1. The summed E-state index contributed by atoms with van der Waals surface area (Å²) in [6.45, 7) is -0.925. The summed E-state index contributed by atoms with van der Waals surface area (Å²) < 4.78 is 143. The first-order valence-electron chi connectivity index (χ1n) is 16.5. The Bertz CT molecular complexity index is 3290. The van der Waals surface area contributed by atoms with Crippen LogP contribution in [0.3, 0.4) is 0 Å². The molecule has 0 radical (unpaired) electrons. The molecule has 1 heterocycles. The minimum absolute atomic E-state index is 0. The summed E-state index contributed by atoms with van der Waals surface area (Å²) in [6, 6.07) is 13.4. The van der Waals surface area contributed by atoms with E-state index in [2.05, 4.69) is 58.7 Å². The second-order valence-electron chi connectivity index (χ2n) is 12.0. The van der Waals surface area contributed by atoms with Gasteiger partial charge in [0.1, 0.15) is 31.6 Å². The standard InChI is InChI=1S/C31H24ClN7O19S6.5Na/c32-29-35-30(33-16-4-6-17(7-5-16)61(43,44)11-10-54-64(51,52)53)37-31(36-29)34-22-14-18(62(45,46)47)12-15-13-23(59-57-55-41)26(27(40)25(15)22)39-38-21-9-8-19-20(28(21)60-58-56-42)2-1-3-24(19)63(48,49)50;;;;;/h1-9,12-14,40-42H,10-11H2,(H,45,46,47)(H,48,49,50)(H,51,52,53)(H2,33,34,35,36,37);;;;;/q;5*+1/p-5. The minimum Gasteiger partial charge on any atom is -0.744 e. The molecular formula is C31H19ClN7Na5O19S6. The normalized spacial score (nSPS) is 11.7. The van der Waals surface area contributed by atoms with E-state index in [0.29, 0.717) is 0 Å². The second-order valence-corrected chi connectivity index (χ2v) is 19.7. The Labute approximate surface area is 514 Å². The average Bonchev–Trinajstić information content (AvgIpc) is 3.20. The van der Waals surface area contributed by atoms with Crippen LogP contribution in [0.1, 0.15) is 0 Å². The number of hydrogen-bond acceptors (Lipinski definition) is 28. The van der Waals surface area contributed by atoms with E-state index >= 15 is 0 Å². The molecule has 69 heavy (non-hydrogen) atoms. The third kappa shape index (κ3) is 18.1. The molecule has 0 amide bonds. The summed E-state index contributed by atoms with van der Waals surface area (Å²) in [5.41, 5.74) is -0.929. The molecule has 340 valence electrons. The molecule has 0 atom stereocenters. The molecule has 6 aromatic rings.